The van der Waals surface area contributed by atoms with E-state index < -0.39 is 0 Å². The van der Waals surface area contributed by atoms with Crippen LogP contribution >= 0.6 is 23.2 Å². The Balaban J connectivity index is 2.15. The lowest BCUT2D eigenvalue weighted by atomic mass is 10.2. The molecule has 1 aromatic carbocycles. The third-order valence-corrected chi connectivity index (χ3v) is 3.86. The van der Waals surface area contributed by atoms with Gasteiger partial charge >= 0.3 is 0 Å². The molecular weight excluding hydrogens is 297 g/mol. The smallest absolute Gasteiger partial charge is 0.139 e. The normalized spacial score (nSPS) is 10.7. The van der Waals surface area contributed by atoms with Gasteiger partial charge in [0, 0.05) is 18.8 Å². The lowest BCUT2D eigenvalue weighted by Crippen LogP contribution is -2.06. The summed E-state index contributed by atoms with van der Waals surface area (Å²) in [5, 5.41) is 9.00. The highest BCUT2D eigenvalue weighted by atomic mass is 35.5. The van der Waals surface area contributed by atoms with Crippen molar-refractivity contribution in [3.8, 4) is 5.75 Å². The van der Waals surface area contributed by atoms with Crippen LogP contribution < -0.4 is 10.1 Å². The van der Waals surface area contributed by atoms with Gasteiger partial charge in [0.15, 0.2) is 0 Å². The van der Waals surface area contributed by atoms with Gasteiger partial charge in [0.25, 0.3) is 0 Å². The molecule has 6 heteroatoms. The highest BCUT2D eigenvalue weighted by Gasteiger charge is 2.12. The summed E-state index contributed by atoms with van der Waals surface area (Å²) in [6, 6.07) is 5.55. The van der Waals surface area contributed by atoms with E-state index in [1.807, 2.05) is 26.1 Å². The number of hydrogen-bond donors (Lipinski definition) is 1. The number of nitrogens with zero attached hydrogens (tertiary/aromatic N) is 2. The molecular formula is C14H17Cl2N3O. The largest absolute Gasteiger partial charge is 0.495 e. The van der Waals surface area contributed by atoms with E-state index in [2.05, 4.69) is 10.4 Å². The minimum Gasteiger partial charge on any atom is -0.495 e. The van der Waals surface area contributed by atoms with Crippen molar-refractivity contribution in [3.05, 3.63) is 39.6 Å². The van der Waals surface area contributed by atoms with Crippen LogP contribution in [0, 0.1) is 0 Å². The molecule has 20 heavy (non-hydrogen) atoms. The van der Waals surface area contributed by atoms with E-state index in [4.69, 9.17) is 27.9 Å². The van der Waals surface area contributed by atoms with Gasteiger partial charge in [0.2, 0.25) is 0 Å². The summed E-state index contributed by atoms with van der Waals surface area (Å²) >= 11 is 12.3. The van der Waals surface area contributed by atoms with Crippen molar-refractivity contribution in [1.82, 2.24) is 9.78 Å². The number of anilines is 1. The Kier molecular flexibility index (Phi) is 4.78. The quantitative estimate of drug-likeness (QED) is 0.909. The SMILES string of the molecule is CCc1nn(C)c(CNc2ccc(Cl)c(OC)c2)c1Cl. The van der Waals surface area contributed by atoms with E-state index in [1.165, 1.54) is 0 Å². The van der Waals surface area contributed by atoms with Crippen LogP contribution in [0.25, 0.3) is 0 Å². The Hall–Kier alpha value is -1.39. The molecule has 0 bridgehead atoms. The molecule has 0 aliphatic carbocycles. The summed E-state index contributed by atoms with van der Waals surface area (Å²) in [6.07, 6.45) is 0.821. The molecule has 0 spiro atoms. The number of hydrogen-bond acceptors (Lipinski definition) is 3. The molecule has 0 aliphatic rings. The maximum atomic E-state index is 6.31. The molecule has 0 unspecified atom stereocenters. The zero-order valence-electron chi connectivity index (χ0n) is 11.7. The number of methoxy groups -OCH3 is 1. The first-order chi connectivity index (χ1) is 9.56. The van der Waals surface area contributed by atoms with Crippen molar-refractivity contribution in [1.29, 1.82) is 0 Å². The van der Waals surface area contributed by atoms with Crippen LogP contribution in [-0.4, -0.2) is 16.9 Å². The first-order valence-corrected chi connectivity index (χ1v) is 7.10. The van der Waals surface area contributed by atoms with Gasteiger partial charge in [0.1, 0.15) is 5.75 Å². The van der Waals surface area contributed by atoms with Crippen molar-refractivity contribution in [2.75, 3.05) is 12.4 Å². The summed E-state index contributed by atoms with van der Waals surface area (Å²) < 4.78 is 7.00. The van der Waals surface area contributed by atoms with Crippen LogP contribution in [0.3, 0.4) is 0 Å². The number of ether oxygens (including phenoxy) is 1. The molecule has 2 rings (SSSR count). The molecule has 0 radical (unpaired) electrons. The van der Waals surface area contributed by atoms with Gasteiger partial charge in [-0.15, -0.1) is 0 Å². The van der Waals surface area contributed by atoms with E-state index in [-0.39, 0.29) is 0 Å². The summed E-state index contributed by atoms with van der Waals surface area (Å²) in [5.41, 5.74) is 2.79. The zero-order chi connectivity index (χ0) is 14.7. The summed E-state index contributed by atoms with van der Waals surface area (Å²) in [7, 11) is 3.49. The van der Waals surface area contributed by atoms with E-state index in [0.29, 0.717) is 17.3 Å². The number of aromatic nitrogens is 2. The van der Waals surface area contributed by atoms with Gasteiger partial charge in [-0.05, 0) is 18.6 Å². The average molecular weight is 314 g/mol. The molecule has 0 saturated carbocycles. The lowest BCUT2D eigenvalue weighted by molar-refractivity contribution is 0.415. The van der Waals surface area contributed by atoms with Gasteiger partial charge in [0.05, 0.1) is 35.1 Å². The molecule has 0 amide bonds. The van der Waals surface area contributed by atoms with E-state index in [1.54, 1.807) is 17.9 Å². The Morgan fingerprint density at radius 2 is 2.10 bits per heavy atom. The fraction of sp³-hybridized carbons (Fsp3) is 0.357. The number of rotatable bonds is 5. The predicted octanol–water partition coefficient (Wildman–Crippen LogP) is 3.91. The van der Waals surface area contributed by atoms with E-state index >= 15 is 0 Å². The molecule has 0 atom stereocenters. The maximum absolute atomic E-state index is 6.31. The first-order valence-electron chi connectivity index (χ1n) is 6.34. The van der Waals surface area contributed by atoms with Gasteiger partial charge in [-0.1, -0.05) is 30.1 Å². The number of halogens is 2. The molecule has 1 heterocycles. The highest BCUT2D eigenvalue weighted by Crippen LogP contribution is 2.28. The Bertz CT molecular complexity index is 611. The van der Waals surface area contributed by atoms with Crippen molar-refractivity contribution in [3.63, 3.8) is 0 Å². The topological polar surface area (TPSA) is 39.1 Å². The number of aryl methyl sites for hydroxylation is 2. The molecule has 4 nitrogen and oxygen atoms in total. The second kappa shape index (κ2) is 6.37. The third-order valence-electron chi connectivity index (χ3n) is 3.11. The standard InChI is InChI=1S/C14H17Cl2N3O/c1-4-11-14(16)12(19(2)18-11)8-17-9-5-6-10(15)13(7-9)20-3/h5-7,17H,4,8H2,1-3H3. The van der Waals surface area contributed by atoms with Crippen molar-refractivity contribution in [2.24, 2.45) is 7.05 Å². The fourth-order valence-electron chi connectivity index (χ4n) is 1.97. The number of benzene rings is 1. The van der Waals surface area contributed by atoms with Crippen LogP contribution in [0.1, 0.15) is 18.3 Å². The summed E-state index contributed by atoms with van der Waals surface area (Å²) in [5.74, 6) is 0.641. The molecule has 0 fully saturated rings. The van der Waals surface area contributed by atoms with Gasteiger partial charge in [-0.3, -0.25) is 4.68 Å². The highest BCUT2D eigenvalue weighted by molar-refractivity contribution is 6.32. The third kappa shape index (κ3) is 3.02. The van der Waals surface area contributed by atoms with Crippen molar-refractivity contribution >= 4 is 28.9 Å². The van der Waals surface area contributed by atoms with Crippen LogP contribution in [0.2, 0.25) is 10.0 Å². The minimum atomic E-state index is 0.588. The van der Waals surface area contributed by atoms with Crippen LogP contribution in [0.5, 0.6) is 5.75 Å². The summed E-state index contributed by atoms with van der Waals surface area (Å²) in [6.45, 7) is 2.63. The molecule has 108 valence electrons. The van der Waals surface area contributed by atoms with Crippen molar-refractivity contribution < 1.29 is 4.74 Å². The van der Waals surface area contributed by atoms with E-state index in [9.17, 15) is 0 Å². The van der Waals surface area contributed by atoms with E-state index in [0.717, 1.165) is 28.5 Å². The second-order valence-corrected chi connectivity index (χ2v) is 5.17. The Morgan fingerprint density at radius 1 is 1.35 bits per heavy atom. The monoisotopic (exact) mass is 313 g/mol. The summed E-state index contributed by atoms with van der Waals surface area (Å²) in [4.78, 5) is 0. The first kappa shape index (κ1) is 15.0. The van der Waals surface area contributed by atoms with Crippen LogP contribution in [-0.2, 0) is 20.0 Å². The van der Waals surface area contributed by atoms with Crippen molar-refractivity contribution in [2.45, 2.75) is 19.9 Å². The fourth-order valence-corrected chi connectivity index (χ4v) is 2.52. The van der Waals surface area contributed by atoms with Gasteiger partial charge in [-0.2, -0.15) is 5.10 Å². The molecule has 1 aromatic heterocycles. The average Bonchev–Trinajstić information content (AvgIpc) is 2.72. The predicted molar refractivity (Wildman–Crippen MR) is 82.9 cm³/mol. The molecule has 0 saturated heterocycles. The van der Waals surface area contributed by atoms with Gasteiger partial charge in [-0.25, -0.2) is 0 Å². The van der Waals surface area contributed by atoms with Gasteiger partial charge < -0.3 is 10.1 Å². The van der Waals surface area contributed by atoms with Crippen LogP contribution in [0.4, 0.5) is 5.69 Å². The zero-order valence-corrected chi connectivity index (χ0v) is 13.2. The minimum absolute atomic E-state index is 0.588. The molecule has 0 aliphatic heterocycles. The molecule has 2 aromatic rings. The number of nitrogens with one attached hydrogen (secondary N) is 1. The molecule has 1 N–H and O–H groups in total. The Labute approximate surface area is 128 Å². The Morgan fingerprint density at radius 3 is 2.70 bits per heavy atom. The second-order valence-electron chi connectivity index (χ2n) is 4.39. The van der Waals surface area contributed by atoms with Crippen LogP contribution in [0.15, 0.2) is 18.2 Å². The lowest BCUT2D eigenvalue weighted by Gasteiger charge is -2.10. The maximum Gasteiger partial charge on any atom is 0.139 e.